The van der Waals surface area contributed by atoms with Crippen LogP contribution in [0.5, 0.6) is 0 Å². The Bertz CT molecular complexity index is 411. The first-order chi connectivity index (χ1) is 7.83. The molecule has 0 bridgehead atoms. The molecule has 0 amide bonds. The summed E-state index contributed by atoms with van der Waals surface area (Å²) in [6, 6.07) is 0. The number of aromatic nitrogens is 2. The van der Waals surface area contributed by atoms with Crippen molar-refractivity contribution >= 4 is 0 Å². The Kier molecular flexibility index (Phi) is 3.72. The molecular formula is C12H19N3O. The minimum atomic E-state index is 0.169. The molecule has 0 fully saturated rings. The van der Waals surface area contributed by atoms with Gasteiger partial charge in [0.05, 0.1) is 12.0 Å². The van der Waals surface area contributed by atoms with Gasteiger partial charge in [-0.25, -0.2) is 4.98 Å². The third-order valence-electron chi connectivity index (χ3n) is 3.09. The van der Waals surface area contributed by atoms with Crippen LogP contribution in [0.3, 0.4) is 0 Å². The SMILES string of the molecule is CCNCCn1cnc2c(c1=O)CCCC2. The number of fused-ring (bicyclic) bond motifs is 1. The van der Waals surface area contributed by atoms with Gasteiger partial charge in [0.2, 0.25) is 0 Å². The topological polar surface area (TPSA) is 46.9 Å². The molecule has 1 N–H and O–H groups in total. The van der Waals surface area contributed by atoms with E-state index in [1.54, 1.807) is 10.9 Å². The molecule has 0 radical (unpaired) electrons. The van der Waals surface area contributed by atoms with E-state index in [0.717, 1.165) is 43.6 Å². The van der Waals surface area contributed by atoms with E-state index in [1.807, 2.05) is 0 Å². The van der Waals surface area contributed by atoms with Crippen LogP contribution in [0.2, 0.25) is 0 Å². The normalized spacial score (nSPS) is 14.8. The van der Waals surface area contributed by atoms with Crippen molar-refractivity contribution in [3.8, 4) is 0 Å². The average molecular weight is 221 g/mol. The van der Waals surface area contributed by atoms with Crippen LogP contribution in [0, 0.1) is 0 Å². The van der Waals surface area contributed by atoms with Gasteiger partial charge in [-0.2, -0.15) is 0 Å². The predicted octanol–water partition coefficient (Wildman–Crippen LogP) is 0.732. The minimum absolute atomic E-state index is 0.169. The number of nitrogens with zero attached hydrogens (tertiary/aromatic N) is 2. The number of aryl methyl sites for hydroxylation is 1. The first-order valence-electron chi connectivity index (χ1n) is 6.11. The highest BCUT2D eigenvalue weighted by Crippen LogP contribution is 2.14. The Morgan fingerprint density at radius 2 is 2.25 bits per heavy atom. The fraction of sp³-hybridized carbons (Fsp3) is 0.667. The van der Waals surface area contributed by atoms with Crippen LogP contribution in [-0.2, 0) is 19.4 Å². The lowest BCUT2D eigenvalue weighted by Crippen LogP contribution is -2.31. The highest BCUT2D eigenvalue weighted by molar-refractivity contribution is 5.19. The summed E-state index contributed by atoms with van der Waals surface area (Å²) in [5.74, 6) is 0. The average Bonchev–Trinajstić information content (AvgIpc) is 2.33. The van der Waals surface area contributed by atoms with E-state index in [9.17, 15) is 4.79 Å². The van der Waals surface area contributed by atoms with E-state index in [2.05, 4.69) is 17.2 Å². The van der Waals surface area contributed by atoms with E-state index >= 15 is 0 Å². The van der Waals surface area contributed by atoms with Crippen molar-refractivity contribution in [1.82, 2.24) is 14.9 Å². The molecule has 0 atom stereocenters. The van der Waals surface area contributed by atoms with Gasteiger partial charge in [-0.15, -0.1) is 0 Å². The summed E-state index contributed by atoms with van der Waals surface area (Å²) in [4.78, 5) is 16.5. The molecule has 0 saturated carbocycles. The van der Waals surface area contributed by atoms with E-state index in [-0.39, 0.29) is 5.56 Å². The molecule has 16 heavy (non-hydrogen) atoms. The van der Waals surface area contributed by atoms with E-state index in [1.165, 1.54) is 6.42 Å². The summed E-state index contributed by atoms with van der Waals surface area (Å²) < 4.78 is 1.73. The van der Waals surface area contributed by atoms with E-state index in [0.29, 0.717) is 6.54 Å². The number of nitrogens with one attached hydrogen (secondary N) is 1. The zero-order valence-electron chi connectivity index (χ0n) is 9.83. The second kappa shape index (κ2) is 5.25. The summed E-state index contributed by atoms with van der Waals surface area (Å²) in [5.41, 5.74) is 2.14. The Morgan fingerprint density at radius 1 is 1.44 bits per heavy atom. The first-order valence-corrected chi connectivity index (χ1v) is 6.11. The van der Waals surface area contributed by atoms with Crippen molar-refractivity contribution in [2.24, 2.45) is 0 Å². The molecule has 0 aliphatic heterocycles. The third-order valence-corrected chi connectivity index (χ3v) is 3.09. The molecule has 0 unspecified atom stereocenters. The van der Waals surface area contributed by atoms with Crippen LogP contribution < -0.4 is 10.9 Å². The van der Waals surface area contributed by atoms with Gasteiger partial charge in [-0.05, 0) is 32.2 Å². The Hall–Kier alpha value is -1.16. The number of hydrogen-bond donors (Lipinski definition) is 1. The van der Waals surface area contributed by atoms with Crippen LogP contribution in [0.25, 0.3) is 0 Å². The van der Waals surface area contributed by atoms with Crippen LogP contribution in [-0.4, -0.2) is 22.6 Å². The standard InChI is InChI=1S/C12H19N3O/c1-2-13-7-8-15-9-14-11-6-4-3-5-10(11)12(15)16/h9,13H,2-8H2,1H3. The van der Waals surface area contributed by atoms with Crippen molar-refractivity contribution in [1.29, 1.82) is 0 Å². The summed E-state index contributed by atoms with van der Waals surface area (Å²) in [6.45, 7) is 4.55. The summed E-state index contributed by atoms with van der Waals surface area (Å²) >= 11 is 0. The maximum absolute atomic E-state index is 12.1. The van der Waals surface area contributed by atoms with Gasteiger partial charge in [0, 0.05) is 18.7 Å². The maximum atomic E-state index is 12.1. The van der Waals surface area contributed by atoms with Crippen molar-refractivity contribution in [2.75, 3.05) is 13.1 Å². The van der Waals surface area contributed by atoms with Crippen molar-refractivity contribution in [2.45, 2.75) is 39.2 Å². The lowest BCUT2D eigenvalue weighted by Gasteiger charge is -2.15. The van der Waals surface area contributed by atoms with Gasteiger partial charge in [0.25, 0.3) is 5.56 Å². The van der Waals surface area contributed by atoms with Crippen molar-refractivity contribution in [3.63, 3.8) is 0 Å². The van der Waals surface area contributed by atoms with Gasteiger partial charge < -0.3 is 5.32 Å². The number of hydrogen-bond acceptors (Lipinski definition) is 3. The fourth-order valence-corrected chi connectivity index (χ4v) is 2.16. The molecule has 2 rings (SSSR count). The second-order valence-electron chi connectivity index (χ2n) is 4.23. The van der Waals surface area contributed by atoms with Gasteiger partial charge in [0.15, 0.2) is 0 Å². The quantitative estimate of drug-likeness (QED) is 0.763. The second-order valence-corrected chi connectivity index (χ2v) is 4.23. The largest absolute Gasteiger partial charge is 0.315 e. The zero-order valence-corrected chi connectivity index (χ0v) is 9.83. The molecule has 1 heterocycles. The third kappa shape index (κ3) is 2.32. The monoisotopic (exact) mass is 221 g/mol. The fourth-order valence-electron chi connectivity index (χ4n) is 2.16. The molecule has 4 heteroatoms. The molecule has 1 aromatic heterocycles. The number of likely N-dealkylation sites (N-methyl/N-ethyl adjacent to an activating group) is 1. The van der Waals surface area contributed by atoms with Gasteiger partial charge in [-0.1, -0.05) is 6.92 Å². The Morgan fingerprint density at radius 3 is 3.06 bits per heavy atom. The highest BCUT2D eigenvalue weighted by atomic mass is 16.1. The van der Waals surface area contributed by atoms with E-state index < -0.39 is 0 Å². The van der Waals surface area contributed by atoms with Crippen LogP contribution in [0.15, 0.2) is 11.1 Å². The summed E-state index contributed by atoms with van der Waals surface area (Å²) in [5, 5.41) is 3.22. The van der Waals surface area contributed by atoms with Crippen LogP contribution in [0.4, 0.5) is 0 Å². The molecule has 0 aromatic carbocycles. The summed E-state index contributed by atoms with van der Waals surface area (Å²) in [6.07, 6.45) is 5.87. The van der Waals surface area contributed by atoms with Crippen molar-refractivity contribution < 1.29 is 0 Å². The molecule has 1 aliphatic carbocycles. The van der Waals surface area contributed by atoms with E-state index in [4.69, 9.17) is 0 Å². The maximum Gasteiger partial charge on any atom is 0.256 e. The molecule has 88 valence electrons. The first kappa shape index (κ1) is 11.3. The highest BCUT2D eigenvalue weighted by Gasteiger charge is 2.15. The lowest BCUT2D eigenvalue weighted by atomic mass is 9.97. The predicted molar refractivity (Wildman–Crippen MR) is 63.7 cm³/mol. The molecule has 0 spiro atoms. The Balaban J connectivity index is 2.17. The molecule has 1 aliphatic rings. The van der Waals surface area contributed by atoms with Crippen LogP contribution in [0.1, 0.15) is 31.0 Å². The molecule has 4 nitrogen and oxygen atoms in total. The number of rotatable bonds is 4. The lowest BCUT2D eigenvalue weighted by molar-refractivity contribution is 0.567. The molecular weight excluding hydrogens is 202 g/mol. The van der Waals surface area contributed by atoms with Crippen LogP contribution >= 0.6 is 0 Å². The zero-order chi connectivity index (χ0) is 11.4. The minimum Gasteiger partial charge on any atom is -0.315 e. The van der Waals surface area contributed by atoms with Gasteiger partial charge >= 0.3 is 0 Å². The molecule has 1 aromatic rings. The van der Waals surface area contributed by atoms with Gasteiger partial charge in [-0.3, -0.25) is 9.36 Å². The van der Waals surface area contributed by atoms with Crippen molar-refractivity contribution in [3.05, 3.63) is 27.9 Å². The van der Waals surface area contributed by atoms with Gasteiger partial charge in [0.1, 0.15) is 0 Å². The summed E-state index contributed by atoms with van der Waals surface area (Å²) in [7, 11) is 0. The smallest absolute Gasteiger partial charge is 0.256 e. The Labute approximate surface area is 95.7 Å². The molecule has 0 saturated heterocycles.